The molecule has 0 amide bonds. The van der Waals surface area contributed by atoms with Crippen LogP contribution in [0.2, 0.25) is 0 Å². The molecule has 3 heteroatoms. The normalized spacial score (nSPS) is 11.6. The van der Waals surface area contributed by atoms with Crippen molar-refractivity contribution in [3.8, 4) is 0 Å². The van der Waals surface area contributed by atoms with Gasteiger partial charge >= 0.3 is 5.97 Å². The number of benzene rings is 1. The van der Waals surface area contributed by atoms with Crippen molar-refractivity contribution in [2.45, 2.75) is 123 Å². The molecule has 0 aliphatic heterocycles. The molecule has 0 bridgehead atoms. The van der Waals surface area contributed by atoms with Gasteiger partial charge in [-0.2, -0.15) is 0 Å². The SMILES string of the molecule is CCCCCCCCCCCCCCCCCCc1ccc(C(=O)C(C)=CC(=O)O)cc1. The fraction of sp³-hybridized carbons (Fsp3) is 0.655. The van der Waals surface area contributed by atoms with Crippen LogP contribution in [0.3, 0.4) is 0 Å². The van der Waals surface area contributed by atoms with Crippen LogP contribution in [0.15, 0.2) is 35.9 Å². The number of carboxylic acids is 1. The number of aryl methyl sites for hydroxylation is 1. The second kappa shape index (κ2) is 18.7. The Labute approximate surface area is 196 Å². The second-order valence-electron chi connectivity index (χ2n) is 9.24. The number of allylic oxidation sites excluding steroid dienone is 1. The minimum Gasteiger partial charge on any atom is -0.478 e. The monoisotopic (exact) mass is 442 g/mol. The maximum absolute atomic E-state index is 12.2. The lowest BCUT2D eigenvalue weighted by Gasteiger charge is -2.05. The van der Waals surface area contributed by atoms with Crippen molar-refractivity contribution >= 4 is 11.8 Å². The van der Waals surface area contributed by atoms with E-state index in [9.17, 15) is 9.59 Å². The minimum absolute atomic E-state index is 0.221. The molecule has 3 nitrogen and oxygen atoms in total. The Morgan fingerprint density at radius 1 is 0.688 bits per heavy atom. The topological polar surface area (TPSA) is 54.4 Å². The second-order valence-corrected chi connectivity index (χ2v) is 9.24. The summed E-state index contributed by atoms with van der Waals surface area (Å²) < 4.78 is 0. The van der Waals surface area contributed by atoms with E-state index in [0.717, 1.165) is 12.5 Å². The van der Waals surface area contributed by atoms with Crippen LogP contribution in [0, 0.1) is 0 Å². The molecular formula is C29H46O3. The number of carbonyl (C=O) groups excluding carboxylic acids is 1. The number of unbranched alkanes of at least 4 members (excludes halogenated alkanes) is 15. The zero-order valence-corrected chi connectivity index (χ0v) is 20.7. The number of hydrogen-bond acceptors (Lipinski definition) is 2. The van der Waals surface area contributed by atoms with E-state index in [0.29, 0.717) is 5.56 Å². The molecule has 0 aromatic heterocycles. The Kier molecular flexibility index (Phi) is 16.4. The number of carbonyl (C=O) groups is 2. The quantitative estimate of drug-likeness (QED) is 0.125. The largest absolute Gasteiger partial charge is 0.478 e. The fourth-order valence-electron chi connectivity index (χ4n) is 4.18. The molecule has 1 aromatic carbocycles. The van der Waals surface area contributed by atoms with Gasteiger partial charge in [-0.15, -0.1) is 0 Å². The van der Waals surface area contributed by atoms with E-state index in [1.807, 2.05) is 24.3 Å². The van der Waals surface area contributed by atoms with Gasteiger partial charge in [0.1, 0.15) is 0 Å². The summed E-state index contributed by atoms with van der Waals surface area (Å²) in [6.07, 6.45) is 24.0. The molecule has 1 aromatic rings. The lowest BCUT2D eigenvalue weighted by Crippen LogP contribution is -2.03. The van der Waals surface area contributed by atoms with E-state index in [4.69, 9.17) is 5.11 Å². The molecule has 0 spiro atoms. The molecule has 1 N–H and O–H groups in total. The van der Waals surface area contributed by atoms with Crippen molar-refractivity contribution in [1.29, 1.82) is 0 Å². The van der Waals surface area contributed by atoms with Gasteiger partial charge < -0.3 is 5.11 Å². The highest BCUT2D eigenvalue weighted by atomic mass is 16.4. The van der Waals surface area contributed by atoms with Crippen LogP contribution in [0.4, 0.5) is 0 Å². The van der Waals surface area contributed by atoms with Crippen molar-refractivity contribution in [3.05, 3.63) is 47.0 Å². The highest BCUT2D eigenvalue weighted by Gasteiger charge is 2.09. The van der Waals surface area contributed by atoms with E-state index in [1.54, 1.807) is 6.92 Å². The highest BCUT2D eigenvalue weighted by molar-refractivity contribution is 6.10. The summed E-state index contributed by atoms with van der Waals surface area (Å²) in [6.45, 7) is 3.82. The summed E-state index contributed by atoms with van der Waals surface area (Å²) >= 11 is 0. The maximum Gasteiger partial charge on any atom is 0.328 e. The van der Waals surface area contributed by atoms with Crippen LogP contribution in [0.5, 0.6) is 0 Å². The molecule has 0 heterocycles. The molecule has 1 rings (SSSR count). The Bertz CT molecular complexity index is 657. The zero-order chi connectivity index (χ0) is 23.4. The van der Waals surface area contributed by atoms with E-state index in [2.05, 4.69) is 6.92 Å². The summed E-state index contributed by atoms with van der Waals surface area (Å²) in [7, 11) is 0. The summed E-state index contributed by atoms with van der Waals surface area (Å²) in [4.78, 5) is 22.9. The van der Waals surface area contributed by atoms with Crippen molar-refractivity contribution in [3.63, 3.8) is 0 Å². The van der Waals surface area contributed by atoms with Gasteiger partial charge in [-0.25, -0.2) is 4.79 Å². The molecule has 180 valence electrons. The summed E-state index contributed by atoms with van der Waals surface area (Å²) in [5.41, 5.74) is 2.05. The number of rotatable bonds is 20. The molecule has 0 aliphatic rings. The predicted octanol–water partition coefficient (Wildman–Crippen LogP) is 8.70. The van der Waals surface area contributed by atoms with Gasteiger partial charge in [0.05, 0.1) is 0 Å². The lowest BCUT2D eigenvalue weighted by molar-refractivity contribution is -0.131. The van der Waals surface area contributed by atoms with Crippen LogP contribution >= 0.6 is 0 Å². The number of carboxylic acid groups (broad SMARTS) is 1. The molecular weight excluding hydrogens is 396 g/mol. The number of aliphatic carboxylic acids is 1. The van der Waals surface area contributed by atoms with Gasteiger partial charge in [0.25, 0.3) is 0 Å². The number of hydrogen-bond donors (Lipinski definition) is 1. The van der Waals surface area contributed by atoms with Gasteiger partial charge in [-0.05, 0) is 25.3 Å². The third kappa shape index (κ3) is 14.2. The summed E-state index contributed by atoms with van der Waals surface area (Å²) in [5, 5.41) is 8.76. The first-order valence-corrected chi connectivity index (χ1v) is 13.1. The highest BCUT2D eigenvalue weighted by Crippen LogP contribution is 2.15. The first-order valence-electron chi connectivity index (χ1n) is 13.1. The molecule has 0 saturated carbocycles. The Balaban J connectivity index is 1.98. The zero-order valence-electron chi connectivity index (χ0n) is 20.7. The van der Waals surface area contributed by atoms with Gasteiger partial charge in [0.15, 0.2) is 5.78 Å². The van der Waals surface area contributed by atoms with Crippen LogP contribution in [-0.4, -0.2) is 16.9 Å². The smallest absolute Gasteiger partial charge is 0.328 e. The first-order chi connectivity index (χ1) is 15.5. The van der Waals surface area contributed by atoms with Crippen molar-refractivity contribution in [1.82, 2.24) is 0 Å². The average molecular weight is 443 g/mol. The number of ketones is 1. The van der Waals surface area contributed by atoms with Crippen molar-refractivity contribution in [2.75, 3.05) is 0 Å². The predicted molar refractivity (Wildman–Crippen MR) is 135 cm³/mol. The fourth-order valence-corrected chi connectivity index (χ4v) is 4.18. The van der Waals surface area contributed by atoms with Crippen LogP contribution < -0.4 is 0 Å². The summed E-state index contributed by atoms with van der Waals surface area (Å²) in [6, 6.07) is 7.60. The Morgan fingerprint density at radius 2 is 1.09 bits per heavy atom. The van der Waals surface area contributed by atoms with Gasteiger partial charge in [-0.1, -0.05) is 128 Å². The van der Waals surface area contributed by atoms with E-state index >= 15 is 0 Å². The van der Waals surface area contributed by atoms with Crippen molar-refractivity contribution < 1.29 is 14.7 Å². The standard InChI is InChI=1S/C29H46O3/c1-3-4-5-6-7-8-9-10-11-12-13-14-15-16-17-18-19-26-20-22-27(23-21-26)29(32)25(2)24-28(30)31/h20-24H,3-19H2,1-2H3,(H,30,31). The van der Waals surface area contributed by atoms with Crippen molar-refractivity contribution in [2.24, 2.45) is 0 Å². The first kappa shape index (κ1) is 28.1. The third-order valence-electron chi connectivity index (χ3n) is 6.23. The Morgan fingerprint density at radius 3 is 1.50 bits per heavy atom. The molecule has 0 unspecified atom stereocenters. The maximum atomic E-state index is 12.2. The van der Waals surface area contributed by atoms with Crippen LogP contribution in [0.25, 0.3) is 0 Å². The van der Waals surface area contributed by atoms with E-state index in [1.165, 1.54) is 108 Å². The molecule has 0 saturated heterocycles. The van der Waals surface area contributed by atoms with Crippen LogP contribution in [0.1, 0.15) is 133 Å². The van der Waals surface area contributed by atoms with Crippen LogP contribution in [-0.2, 0) is 11.2 Å². The van der Waals surface area contributed by atoms with Gasteiger partial charge in [-0.3, -0.25) is 4.79 Å². The molecule has 0 fully saturated rings. The molecule has 0 radical (unpaired) electrons. The van der Waals surface area contributed by atoms with Gasteiger partial charge in [0.2, 0.25) is 0 Å². The molecule has 32 heavy (non-hydrogen) atoms. The number of Topliss-reactive ketones (excluding diaryl/α,β-unsaturated/α-hetero) is 1. The lowest BCUT2D eigenvalue weighted by atomic mass is 10.00. The van der Waals surface area contributed by atoms with Gasteiger partial charge in [0, 0.05) is 17.2 Å². The third-order valence-corrected chi connectivity index (χ3v) is 6.23. The van der Waals surface area contributed by atoms with E-state index in [-0.39, 0.29) is 11.4 Å². The molecule has 0 atom stereocenters. The molecule has 0 aliphatic carbocycles. The van der Waals surface area contributed by atoms with E-state index < -0.39 is 5.97 Å². The Hall–Kier alpha value is -1.90. The summed E-state index contributed by atoms with van der Waals surface area (Å²) in [5.74, 6) is -1.31. The average Bonchev–Trinajstić information content (AvgIpc) is 2.78. The minimum atomic E-state index is -1.09.